The van der Waals surface area contributed by atoms with Gasteiger partial charge in [-0.1, -0.05) is 0 Å². The maximum Gasteiger partial charge on any atom is 0.227 e. The molecule has 7 heteroatoms. The molecule has 1 N–H and O–H groups in total. The quantitative estimate of drug-likeness (QED) is 0.411. The lowest BCUT2D eigenvalue weighted by Gasteiger charge is -2.21. The molecule has 1 aliphatic carbocycles. The molecule has 114 valence electrons. The lowest BCUT2D eigenvalue weighted by atomic mass is 10.0. The van der Waals surface area contributed by atoms with Gasteiger partial charge in [0.2, 0.25) is 11.6 Å². The highest BCUT2D eigenvalue weighted by Crippen LogP contribution is 2.33. The molecule has 3 aliphatic heterocycles. The molecule has 4 rings (SSSR count). The fourth-order valence-corrected chi connectivity index (χ4v) is 2.28. The predicted molar refractivity (Wildman–Crippen MR) is 75.3 cm³/mol. The smallest absolute Gasteiger partial charge is 0.227 e. The number of ketones is 2. The van der Waals surface area contributed by atoms with Crippen LogP contribution in [-0.2, 0) is 9.59 Å². The van der Waals surface area contributed by atoms with Crippen molar-refractivity contribution in [1.29, 1.82) is 0 Å². The number of carbonyl (C=O) groups is 2. The summed E-state index contributed by atoms with van der Waals surface area (Å²) in [6.07, 6.45) is 1.52. The summed E-state index contributed by atoms with van der Waals surface area (Å²) in [5, 5.41) is 8.89. The summed E-state index contributed by atoms with van der Waals surface area (Å²) < 4.78 is 0. The molecule has 0 aromatic carbocycles. The molecule has 0 saturated carbocycles. The van der Waals surface area contributed by atoms with Gasteiger partial charge >= 0.3 is 0 Å². The number of Topliss-reactive ketones (excluding diaryl/α,β-unsaturated/α-hetero) is 1. The highest BCUT2D eigenvalue weighted by atomic mass is 16.5. The molecule has 21 heavy (non-hydrogen) atoms. The fourth-order valence-electron chi connectivity index (χ4n) is 2.28. The van der Waals surface area contributed by atoms with Gasteiger partial charge in [0.05, 0.1) is 5.70 Å². The van der Waals surface area contributed by atoms with Crippen LogP contribution in [0.15, 0.2) is 23.2 Å². The first kappa shape index (κ1) is 14.1. The molecular weight excluding hydrogens is 272 g/mol. The van der Waals surface area contributed by atoms with E-state index in [-0.39, 0.29) is 11.6 Å². The fraction of sp³-hybridized carbons (Fsp3) is 0.571. The Labute approximate surface area is 123 Å². The van der Waals surface area contributed by atoms with Gasteiger partial charge < -0.3 is 19.9 Å². The summed E-state index contributed by atoms with van der Waals surface area (Å²) in [6, 6.07) is 0. The van der Waals surface area contributed by atoms with E-state index in [1.54, 1.807) is 14.1 Å². The van der Waals surface area contributed by atoms with Crippen LogP contribution in [0, 0.1) is 0 Å². The Morgan fingerprint density at radius 1 is 0.905 bits per heavy atom. The summed E-state index contributed by atoms with van der Waals surface area (Å²) in [5.74, 6) is 0.0485. The molecule has 0 unspecified atom stereocenters. The van der Waals surface area contributed by atoms with Crippen LogP contribution < -0.4 is 0 Å². The van der Waals surface area contributed by atoms with Crippen LogP contribution in [0.3, 0.4) is 0 Å². The van der Waals surface area contributed by atoms with Crippen molar-refractivity contribution in [2.75, 3.05) is 53.4 Å². The molecule has 0 aromatic rings. The molecular formula is C14H20N4O3. The zero-order valence-electron chi connectivity index (χ0n) is 12.4. The summed E-state index contributed by atoms with van der Waals surface area (Å²) in [5.41, 5.74) is 1.89. The molecule has 0 radical (unpaired) electrons. The number of allylic oxidation sites excluding steroid dienone is 1. The van der Waals surface area contributed by atoms with Crippen molar-refractivity contribution in [3.8, 4) is 0 Å². The summed E-state index contributed by atoms with van der Waals surface area (Å²) >= 11 is 0. The minimum absolute atomic E-state index is 0.00546. The Kier molecular flexibility index (Phi) is 3.46. The Hall–Kier alpha value is -1.86. The van der Waals surface area contributed by atoms with E-state index < -0.39 is 0 Å². The molecule has 4 aliphatic rings. The number of hydroxylamine groups is 2. The Bertz CT molecular complexity index is 538. The normalized spacial score (nSPS) is 23.2. The lowest BCUT2D eigenvalue weighted by molar-refractivity contribution is -0.117. The van der Waals surface area contributed by atoms with Gasteiger partial charge in [0.1, 0.15) is 11.4 Å². The molecule has 0 spiro atoms. The van der Waals surface area contributed by atoms with Crippen LogP contribution in [0.25, 0.3) is 0 Å². The average molecular weight is 292 g/mol. The number of hydrogen-bond acceptors (Lipinski definition) is 7. The van der Waals surface area contributed by atoms with Gasteiger partial charge in [-0.05, 0) is 0 Å². The largest absolute Gasteiger partial charge is 0.365 e. The number of nitrogens with zero attached hydrogens (tertiary/aromatic N) is 4. The van der Waals surface area contributed by atoms with Crippen molar-refractivity contribution >= 4 is 11.6 Å². The van der Waals surface area contributed by atoms with Crippen molar-refractivity contribution in [1.82, 2.24) is 19.8 Å². The standard InChI is InChI=1S/C12H13N3O2.C2H7NO/c16-9-7-8(13-1-2-13)12(17)11(15-5-6-15)10(9)14-3-4-14;1-3(2)4/h7H,1-6H2;4H,1-2H3. The number of rotatable bonds is 3. The van der Waals surface area contributed by atoms with E-state index in [2.05, 4.69) is 0 Å². The van der Waals surface area contributed by atoms with Gasteiger partial charge in [0.15, 0.2) is 0 Å². The summed E-state index contributed by atoms with van der Waals surface area (Å²) in [4.78, 5) is 30.5. The first-order chi connectivity index (χ1) is 9.99. The number of hydrogen-bond donors (Lipinski definition) is 1. The molecule has 0 aromatic heterocycles. The van der Waals surface area contributed by atoms with E-state index in [4.69, 9.17) is 5.21 Å². The second kappa shape index (κ2) is 5.16. The highest BCUT2D eigenvalue weighted by Gasteiger charge is 2.43. The van der Waals surface area contributed by atoms with Crippen LogP contribution in [-0.4, -0.2) is 89.9 Å². The molecule has 3 saturated heterocycles. The first-order valence-electron chi connectivity index (χ1n) is 7.15. The molecule has 7 nitrogen and oxygen atoms in total. The van der Waals surface area contributed by atoms with Crippen LogP contribution in [0.4, 0.5) is 0 Å². The second-order valence-corrected chi connectivity index (χ2v) is 5.73. The minimum Gasteiger partial charge on any atom is -0.365 e. The Morgan fingerprint density at radius 3 is 1.76 bits per heavy atom. The maximum absolute atomic E-state index is 12.4. The SMILES string of the molecule is CN(C)O.O=C1C=C(N2CC2)C(=O)C(N2CC2)=C1N1CC1. The van der Waals surface area contributed by atoms with Crippen molar-refractivity contribution in [3.05, 3.63) is 23.2 Å². The summed E-state index contributed by atoms with van der Waals surface area (Å²) in [7, 11) is 3.11. The molecule has 0 bridgehead atoms. The molecule has 0 amide bonds. The number of carbonyl (C=O) groups excluding carboxylic acids is 2. The molecule has 3 fully saturated rings. The monoisotopic (exact) mass is 292 g/mol. The van der Waals surface area contributed by atoms with E-state index in [0.717, 1.165) is 44.3 Å². The lowest BCUT2D eigenvalue weighted by Crippen LogP contribution is -2.29. The zero-order chi connectivity index (χ0) is 15.1. The van der Waals surface area contributed by atoms with Crippen molar-refractivity contribution in [3.63, 3.8) is 0 Å². The van der Waals surface area contributed by atoms with Crippen molar-refractivity contribution in [2.45, 2.75) is 0 Å². The zero-order valence-corrected chi connectivity index (χ0v) is 12.4. The van der Waals surface area contributed by atoms with Crippen molar-refractivity contribution < 1.29 is 14.8 Å². The average Bonchev–Trinajstić information content (AvgIpc) is 3.26. The third-order valence-corrected chi connectivity index (χ3v) is 3.49. The third kappa shape index (κ3) is 3.08. The van der Waals surface area contributed by atoms with Crippen LogP contribution in [0.1, 0.15) is 0 Å². The molecule has 0 atom stereocenters. The van der Waals surface area contributed by atoms with Gasteiger partial charge in [-0.15, -0.1) is 0 Å². The van der Waals surface area contributed by atoms with Gasteiger partial charge in [-0.3, -0.25) is 9.59 Å². The predicted octanol–water partition coefficient (Wildman–Crippen LogP) is -0.882. The van der Waals surface area contributed by atoms with Gasteiger partial charge in [-0.25, -0.2) is 0 Å². The van der Waals surface area contributed by atoms with E-state index in [9.17, 15) is 9.59 Å². The third-order valence-electron chi connectivity index (χ3n) is 3.49. The van der Waals surface area contributed by atoms with E-state index in [1.807, 2.05) is 14.7 Å². The highest BCUT2D eigenvalue weighted by molar-refractivity contribution is 6.22. The second-order valence-electron chi connectivity index (χ2n) is 5.73. The van der Waals surface area contributed by atoms with Crippen molar-refractivity contribution in [2.24, 2.45) is 0 Å². The van der Waals surface area contributed by atoms with Crippen LogP contribution >= 0.6 is 0 Å². The Balaban J connectivity index is 0.000000298. The van der Waals surface area contributed by atoms with E-state index in [1.165, 1.54) is 6.08 Å². The van der Waals surface area contributed by atoms with Gasteiger partial charge in [0, 0.05) is 59.4 Å². The van der Waals surface area contributed by atoms with Gasteiger partial charge in [0.25, 0.3) is 0 Å². The topological polar surface area (TPSA) is 66.6 Å². The summed E-state index contributed by atoms with van der Waals surface area (Å²) in [6.45, 7) is 5.41. The minimum atomic E-state index is 0.00546. The molecule has 3 heterocycles. The first-order valence-corrected chi connectivity index (χ1v) is 7.15. The van der Waals surface area contributed by atoms with E-state index >= 15 is 0 Å². The van der Waals surface area contributed by atoms with Gasteiger partial charge in [-0.2, -0.15) is 5.06 Å². The van der Waals surface area contributed by atoms with E-state index in [0.29, 0.717) is 17.1 Å². The van der Waals surface area contributed by atoms with Crippen LogP contribution in [0.2, 0.25) is 0 Å². The van der Waals surface area contributed by atoms with Crippen LogP contribution in [0.5, 0.6) is 0 Å². The Morgan fingerprint density at radius 2 is 1.33 bits per heavy atom. The maximum atomic E-state index is 12.4.